The molecule has 4 aromatic heterocycles. The van der Waals surface area contributed by atoms with Crippen LogP contribution in [0.4, 0.5) is 0 Å². The number of fused-ring (bicyclic) bond motifs is 11. The Balaban J connectivity index is 1.22. The minimum absolute atomic E-state index is 1.03. The van der Waals surface area contributed by atoms with Gasteiger partial charge in [0.25, 0.3) is 0 Å². The summed E-state index contributed by atoms with van der Waals surface area (Å²) in [6, 6.07) is 55.9. The Kier molecular flexibility index (Phi) is 5.93. The van der Waals surface area contributed by atoms with Crippen molar-refractivity contribution in [3.8, 4) is 33.5 Å². The van der Waals surface area contributed by atoms with Crippen molar-refractivity contribution in [3.63, 3.8) is 0 Å². The molecule has 0 saturated carbocycles. The van der Waals surface area contributed by atoms with E-state index in [9.17, 15) is 0 Å². The highest BCUT2D eigenvalue weighted by Gasteiger charge is 2.18. The van der Waals surface area contributed by atoms with Gasteiger partial charge in [-0.25, -0.2) is 4.98 Å². The monoisotopic (exact) mass is 675 g/mol. The number of thiophene rings is 3. The largest absolute Gasteiger partial charge is 0.247 e. The fourth-order valence-corrected chi connectivity index (χ4v) is 10.9. The van der Waals surface area contributed by atoms with Crippen LogP contribution in [0.25, 0.3) is 105 Å². The first-order valence-corrected chi connectivity index (χ1v) is 18.9. The summed E-state index contributed by atoms with van der Waals surface area (Å²) in [4.78, 5) is 5.44. The van der Waals surface area contributed by atoms with E-state index >= 15 is 0 Å². The summed E-state index contributed by atoms with van der Waals surface area (Å²) in [6.07, 6.45) is 0. The number of hydrogen-bond acceptors (Lipinski definition) is 4. The van der Waals surface area contributed by atoms with Gasteiger partial charge in [0.05, 0.1) is 11.2 Å². The predicted molar refractivity (Wildman–Crippen MR) is 217 cm³/mol. The average molecular weight is 676 g/mol. The fraction of sp³-hybridized carbons (Fsp3) is 0. The van der Waals surface area contributed by atoms with E-state index in [1.807, 2.05) is 34.0 Å². The highest BCUT2D eigenvalue weighted by atomic mass is 32.1. The number of para-hydroxylation sites is 1. The van der Waals surface area contributed by atoms with Gasteiger partial charge < -0.3 is 0 Å². The molecular weight excluding hydrogens is 651 g/mol. The highest BCUT2D eigenvalue weighted by Crippen LogP contribution is 2.45. The molecule has 0 amide bonds. The number of pyridine rings is 1. The topological polar surface area (TPSA) is 12.9 Å². The number of benzene rings is 7. The molecule has 11 rings (SSSR count). The van der Waals surface area contributed by atoms with Crippen molar-refractivity contribution in [1.29, 1.82) is 0 Å². The van der Waals surface area contributed by atoms with E-state index in [1.54, 1.807) is 0 Å². The number of nitrogens with zero attached hydrogens (tertiary/aromatic N) is 1. The van der Waals surface area contributed by atoms with Gasteiger partial charge in [-0.3, -0.25) is 0 Å². The van der Waals surface area contributed by atoms with Crippen molar-refractivity contribution in [2.75, 3.05) is 0 Å². The van der Waals surface area contributed by atoms with Crippen LogP contribution >= 0.6 is 34.0 Å². The predicted octanol–water partition coefficient (Wildman–Crippen LogP) is 14.3. The minimum atomic E-state index is 1.03. The van der Waals surface area contributed by atoms with Gasteiger partial charge in [-0.1, -0.05) is 84.9 Å². The molecule has 0 radical (unpaired) electrons. The lowest BCUT2D eigenvalue weighted by atomic mass is 9.92. The molecule has 0 saturated heterocycles. The van der Waals surface area contributed by atoms with Gasteiger partial charge in [0.15, 0.2) is 0 Å². The Bertz CT molecular complexity index is 2990. The highest BCUT2D eigenvalue weighted by molar-refractivity contribution is 7.27. The molecule has 0 unspecified atom stereocenters. The van der Waals surface area contributed by atoms with Crippen molar-refractivity contribution in [2.24, 2.45) is 0 Å². The molecule has 0 aliphatic carbocycles. The summed E-state index contributed by atoms with van der Waals surface area (Å²) in [5, 5.41) is 8.97. The molecule has 0 spiro atoms. The van der Waals surface area contributed by atoms with Crippen molar-refractivity contribution in [3.05, 3.63) is 152 Å². The standard InChI is InChI=1S/C45H25NS3/c1-5-13-37-33(11-1)45-43(34-12-4-8-16-40(34)49-45)44(46-37)30-22-28(26-17-19-41-35(24-26)31-9-2-6-14-38(31)47-41)21-29(23-30)27-18-20-42-36(25-27)32-10-3-7-15-39(32)48-42/h1-25H. The van der Waals surface area contributed by atoms with Crippen LogP contribution in [0.15, 0.2) is 152 Å². The SMILES string of the molecule is c1ccc2c(c1)nc(-c1cc(-c3ccc4sc5ccccc5c4c3)cc(-c3ccc4sc5ccccc5c4c3)c1)c1c3ccccc3sc21. The number of aromatic nitrogens is 1. The third-order valence-electron chi connectivity index (χ3n) is 9.84. The molecule has 0 aliphatic rings. The molecule has 0 aliphatic heterocycles. The van der Waals surface area contributed by atoms with Crippen molar-refractivity contribution in [1.82, 2.24) is 4.98 Å². The minimum Gasteiger partial charge on any atom is -0.247 e. The molecule has 49 heavy (non-hydrogen) atoms. The maximum Gasteiger partial charge on any atom is 0.0803 e. The van der Waals surface area contributed by atoms with Crippen LogP contribution in [0.5, 0.6) is 0 Å². The molecule has 0 N–H and O–H groups in total. The molecule has 4 heterocycles. The summed E-state index contributed by atoms with van der Waals surface area (Å²) in [6.45, 7) is 0. The van der Waals surface area contributed by atoms with Crippen molar-refractivity contribution >= 4 is 105 Å². The Hall–Kier alpha value is -5.39. The normalized spacial score (nSPS) is 12.1. The van der Waals surface area contributed by atoms with Crippen molar-refractivity contribution < 1.29 is 0 Å². The van der Waals surface area contributed by atoms with Crippen LogP contribution in [-0.2, 0) is 0 Å². The second kappa shape index (κ2) is 10.6. The third kappa shape index (κ3) is 4.25. The molecule has 1 nitrogen and oxygen atoms in total. The Morgan fingerprint density at radius 1 is 0.327 bits per heavy atom. The summed E-state index contributed by atoms with van der Waals surface area (Å²) >= 11 is 5.60. The lowest BCUT2D eigenvalue weighted by molar-refractivity contribution is 1.43. The summed E-state index contributed by atoms with van der Waals surface area (Å²) < 4.78 is 7.88. The zero-order valence-electron chi connectivity index (χ0n) is 26.1. The first kappa shape index (κ1) is 27.5. The van der Waals surface area contributed by atoms with E-state index in [0.717, 1.165) is 16.8 Å². The molecule has 4 heteroatoms. The number of hydrogen-bond donors (Lipinski definition) is 0. The smallest absolute Gasteiger partial charge is 0.0803 e. The van der Waals surface area contributed by atoms with Gasteiger partial charge in [-0.2, -0.15) is 0 Å². The van der Waals surface area contributed by atoms with Crippen LogP contribution in [0.1, 0.15) is 0 Å². The first-order chi connectivity index (χ1) is 24.2. The summed E-state index contributed by atoms with van der Waals surface area (Å²) in [5.74, 6) is 0. The third-order valence-corrected chi connectivity index (χ3v) is 13.3. The zero-order valence-corrected chi connectivity index (χ0v) is 28.6. The van der Waals surface area contributed by atoms with Gasteiger partial charge in [-0.15, -0.1) is 34.0 Å². The maximum atomic E-state index is 5.44. The maximum absolute atomic E-state index is 5.44. The Morgan fingerprint density at radius 2 is 0.796 bits per heavy atom. The molecular formula is C45H25NS3. The van der Waals surface area contributed by atoms with Crippen LogP contribution in [0.3, 0.4) is 0 Å². The first-order valence-electron chi connectivity index (χ1n) is 16.4. The van der Waals surface area contributed by atoms with Gasteiger partial charge in [0.1, 0.15) is 0 Å². The molecule has 0 atom stereocenters. The molecule has 0 fully saturated rings. The Morgan fingerprint density at radius 3 is 1.41 bits per heavy atom. The summed E-state index contributed by atoms with van der Waals surface area (Å²) in [5.41, 5.74) is 8.03. The Labute approximate surface area is 294 Å². The van der Waals surface area contributed by atoms with E-state index in [2.05, 4.69) is 152 Å². The van der Waals surface area contributed by atoms with Gasteiger partial charge in [-0.05, 0) is 89.0 Å². The summed E-state index contributed by atoms with van der Waals surface area (Å²) in [7, 11) is 0. The second-order valence-electron chi connectivity index (χ2n) is 12.7. The zero-order chi connectivity index (χ0) is 32.1. The van der Waals surface area contributed by atoms with Crippen LogP contribution < -0.4 is 0 Å². The van der Waals surface area contributed by atoms with Crippen molar-refractivity contribution in [2.45, 2.75) is 0 Å². The van der Waals surface area contributed by atoms with E-state index in [4.69, 9.17) is 4.98 Å². The van der Waals surface area contributed by atoms with E-state index in [-0.39, 0.29) is 0 Å². The number of rotatable bonds is 3. The van der Waals surface area contributed by atoms with Gasteiger partial charge in [0, 0.05) is 71.5 Å². The lowest BCUT2D eigenvalue weighted by Crippen LogP contribution is -1.91. The van der Waals surface area contributed by atoms with E-state index in [1.165, 1.54) is 88.2 Å². The van der Waals surface area contributed by atoms with Crippen LogP contribution in [0, 0.1) is 0 Å². The second-order valence-corrected chi connectivity index (χ2v) is 15.9. The average Bonchev–Trinajstić information content (AvgIpc) is 3.85. The molecule has 0 bridgehead atoms. The molecule has 228 valence electrons. The van der Waals surface area contributed by atoms with E-state index in [0.29, 0.717) is 0 Å². The van der Waals surface area contributed by atoms with Gasteiger partial charge >= 0.3 is 0 Å². The van der Waals surface area contributed by atoms with E-state index < -0.39 is 0 Å². The quantitative estimate of drug-likeness (QED) is 0.182. The van der Waals surface area contributed by atoms with Gasteiger partial charge in [0.2, 0.25) is 0 Å². The fourth-order valence-electron chi connectivity index (χ4n) is 7.53. The lowest BCUT2D eigenvalue weighted by Gasteiger charge is -2.13. The van der Waals surface area contributed by atoms with Crippen LogP contribution in [-0.4, -0.2) is 4.98 Å². The van der Waals surface area contributed by atoms with Crippen LogP contribution in [0.2, 0.25) is 0 Å². The molecule has 11 aromatic rings. The molecule has 7 aromatic carbocycles.